The van der Waals surface area contributed by atoms with Crippen LogP contribution in [0.15, 0.2) is 11.2 Å². The highest BCUT2D eigenvalue weighted by Crippen LogP contribution is 2.19. The van der Waals surface area contributed by atoms with E-state index in [4.69, 9.17) is 0 Å². The number of thioether (sulfide) groups is 1. The van der Waals surface area contributed by atoms with E-state index < -0.39 is 0 Å². The largest absolute Gasteiger partial charge is 0.465 e. The smallest absolute Gasteiger partial charge is 0.342 e. The van der Waals surface area contributed by atoms with Crippen LogP contribution in [0.25, 0.3) is 0 Å². The summed E-state index contributed by atoms with van der Waals surface area (Å²) >= 11 is 1.47. The van der Waals surface area contributed by atoms with Gasteiger partial charge >= 0.3 is 5.97 Å². The van der Waals surface area contributed by atoms with Crippen LogP contribution in [-0.4, -0.2) is 29.1 Å². The molecule has 0 N–H and O–H groups in total. The summed E-state index contributed by atoms with van der Waals surface area (Å²) in [4.78, 5) is 11.1. The third-order valence-corrected chi connectivity index (χ3v) is 2.35. The Kier molecular flexibility index (Phi) is 2.75. The SMILES string of the molecule is COC(=O)c1cnn(C)c1SC. The third kappa shape index (κ3) is 1.45. The number of methoxy groups -OCH3 is 1. The number of aryl methyl sites for hydroxylation is 1. The van der Waals surface area contributed by atoms with Crippen molar-refractivity contribution in [2.24, 2.45) is 7.05 Å². The van der Waals surface area contributed by atoms with Crippen molar-refractivity contribution in [1.29, 1.82) is 0 Å². The molecule has 1 aromatic rings. The van der Waals surface area contributed by atoms with Gasteiger partial charge in [-0.05, 0) is 6.26 Å². The Morgan fingerprint density at radius 3 is 2.92 bits per heavy atom. The molecule has 0 spiro atoms. The average molecular weight is 186 g/mol. The summed E-state index contributed by atoms with van der Waals surface area (Å²) in [5, 5.41) is 4.77. The number of nitrogens with zero attached hydrogens (tertiary/aromatic N) is 2. The van der Waals surface area contributed by atoms with Gasteiger partial charge in [0.25, 0.3) is 0 Å². The molecule has 4 nitrogen and oxygen atoms in total. The van der Waals surface area contributed by atoms with Gasteiger partial charge in [0.05, 0.1) is 13.3 Å². The fraction of sp³-hybridized carbons (Fsp3) is 0.429. The number of esters is 1. The number of rotatable bonds is 2. The predicted molar refractivity (Wildman–Crippen MR) is 46.3 cm³/mol. The van der Waals surface area contributed by atoms with Crippen molar-refractivity contribution in [1.82, 2.24) is 9.78 Å². The van der Waals surface area contributed by atoms with Crippen molar-refractivity contribution < 1.29 is 9.53 Å². The molecule has 0 saturated heterocycles. The van der Waals surface area contributed by atoms with Gasteiger partial charge in [-0.15, -0.1) is 11.8 Å². The summed E-state index contributed by atoms with van der Waals surface area (Å²) in [5.41, 5.74) is 0.521. The molecule has 0 atom stereocenters. The minimum Gasteiger partial charge on any atom is -0.465 e. The third-order valence-electron chi connectivity index (χ3n) is 1.48. The van der Waals surface area contributed by atoms with Crippen molar-refractivity contribution in [3.8, 4) is 0 Å². The van der Waals surface area contributed by atoms with Gasteiger partial charge in [0.1, 0.15) is 10.6 Å². The molecule has 0 bridgehead atoms. The molecule has 0 amide bonds. The molecular formula is C7H10N2O2S. The quantitative estimate of drug-likeness (QED) is 0.509. The zero-order valence-corrected chi connectivity index (χ0v) is 8.01. The van der Waals surface area contributed by atoms with Gasteiger partial charge < -0.3 is 4.74 Å². The summed E-state index contributed by atoms with van der Waals surface area (Å²) in [5.74, 6) is -0.340. The van der Waals surface area contributed by atoms with Gasteiger partial charge in [-0.2, -0.15) is 5.10 Å². The molecule has 0 unspecified atom stereocenters. The van der Waals surface area contributed by atoms with Crippen LogP contribution in [0.5, 0.6) is 0 Å². The summed E-state index contributed by atoms with van der Waals surface area (Å²) in [7, 11) is 3.15. The van der Waals surface area contributed by atoms with E-state index in [1.807, 2.05) is 6.26 Å². The Bertz CT molecular complexity index is 296. The Morgan fingerprint density at radius 2 is 2.42 bits per heavy atom. The van der Waals surface area contributed by atoms with E-state index in [2.05, 4.69) is 9.84 Å². The number of aromatic nitrogens is 2. The number of hydrogen-bond acceptors (Lipinski definition) is 4. The molecular weight excluding hydrogens is 176 g/mol. The molecule has 0 saturated carbocycles. The number of ether oxygens (including phenoxy) is 1. The Labute approximate surface area is 74.9 Å². The predicted octanol–water partition coefficient (Wildman–Crippen LogP) is 0.929. The van der Waals surface area contributed by atoms with E-state index in [9.17, 15) is 4.79 Å². The first-order valence-corrected chi connectivity index (χ1v) is 4.57. The van der Waals surface area contributed by atoms with Crippen LogP contribution in [0.1, 0.15) is 10.4 Å². The average Bonchev–Trinajstić information content (AvgIpc) is 2.45. The molecule has 1 heterocycles. The highest BCUT2D eigenvalue weighted by molar-refractivity contribution is 7.98. The lowest BCUT2D eigenvalue weighted by Crippen LogP contribution is -2.02. The fourth-order valence-electron chi connectivity index (χ4n) is 0.918. The Hall–Kier alpha value is -0.970. The summed E-state index contributed by atoms with van der Waals surface area (Å²) in [6.07, 6.45) is 3.40. The van der Waals surface area contributed by atoms with Gasteiger partial charge in [-0.25, -0.2) is 4.79 Å². The molecule has 1 rings (SSSR count). The summed E-state index contributed by atoms with van der Waals surface area (Å²) in [6.45, 7) is 0. The van der Waals surface area contributed by atoms with Crippen molar-refractivity contribution >= 4 is 17.7 Å². The molecule has 0 radical (unpaired) electrons. The summed E-state index contributed by atoms with van der Waals surface area (Å²) in [6, 6.07) is 0. The molecule has 0 aliphatic carbocycles. The van der Waals surface area contributed by atoms with E-state index in [0.717, 1.165) is 5.03 Å². The summed E-state index contributed by atoms with van der Waals surface area (Å²) < 4.78 is 6.24. The van der Waals surface area contributed by atoms with Crippen molar-refractivity contribution in [2.45, 2.75) is 5.03 Å². The molecule has 1 aromatic heterocycles. The van der Waals surface area contributed by atoms with Crippen LogP contribution >= 0.6 is 11.8 Å². The van der Waals surface area contributed by atoms with Gasteiger partial charge in [0.2, 0.25) is 0 Å². The topological polar surface area (TPSA) is 44.1 Å². The van der Waals surface area contributed by atoms with Crippen LogP contribution in [-0.2, 0) is 11.8 Å². The molecule has 66 valence electrons. The molecule has 0 fully saturated rings. The standard InChI is InChI=1S/C7H10N2O2S/c1-9-6(12-3)5(4-8-9)7(10)11-2/h4H,1-3H3. The van der Waals surface area contributed by atoms with Crippen LogP contribution in [0.4, 0.5) is 0 Å². The highest BCUT2D eigenvalue weighted by atomic mass is 32.2. The maximum Gasteiger partial charge on any atom is 0.342 e. The monoisotopic (exact) mass is 186 g/mol. The van der Waals surface area contributed by atoms with Gasteiger partial charge in [0, 0.05) is 7.05 Å². The lowest BCUT2D eigenvalue weighted by molar-refractivity contribution is 0.0596. The van der Waals surface area contributed by atoms with Crippen molar-refractivity contribution in [2.75, 3.05) is 13.4 Å². The lowest BCUT2D eigenvalue weighted by atomic mass is 10.4. The van der Waals surface area contributed by atoms with Crippen molar-refractivity contribution in [3.63, 3.8) is 0 Å². The second kappa shape index (κ2) is 3.62. The lowest BCUT2D eigenvalue weighted by Gasteiger charge is -1.99. The first kappa shape index (κ1) is 9.12. The van der Waals surface area contributed by atoms with E-state index >= 15 is 0 Å². The minimum absolute atomic E-state index is 0.340. The number of carbonyl (C=O) groups is 1. The van der Waals surface area contributed by atoms with E-state index in [1.165, 1.54) is 25.1 Å². The van der Waals surface area contributed by atoms with Crippen LogP contribution < -0.4 is 0 Å². The Balaban J connectivity index is 3.07. The maximum absolute atomic E-state index is 11.1. The van der Waals surface area contributed by atoms with Crippen molar-refractivity contribution in [3.05, 3.63) is 11.8 Å². The first-order chi connectivity index (χ1) is 5.70. The second-order valence-electron chi connectivity index (χ2n) is 2.18. The number of hydrogen-bond donors (Lipinski definition) is 0. The fourth-order valence-corrected chi connectivity index (χ4v) is 1.59. The van der Waals surface area contributed by atoms with Crippen LogP contribution in [0, 0.1) is 0 Å². The van der Waals surface area contributed by atoms with Gasteiger partial charge in [-0.1, -0.05) is 0 Å². The van der Waals surface area contributed by atoms with Crippen LogP contribution in [0.3, 0.4) is 0 Å². The maximum atomic E-state index is 11.1. The zero-order chi connectivity index (χ0) is 9.14. The van der Waals surface area contributed by atoms with E-state index in [1.54, 1.807) is 11.7 Å². The first-order valence-electron chi connectivity index (χ1n) is 3.35. The zero-order valence-electron chi connectivity index (χ0n) is 7.20. The van der Waals surface area contributed by atoms with Gasteiger partial charge in [0.15, 0.2) is 0 Å². The normalized spacial score (nSPS) is 9.92. The molecule has 0 aromatic carbocycles. The van der Waals surface area contributed by atoms with Crippen LogP contribution in [0.2, 0.25) is 0 Å². The molecule has 12 heavy (non-hydrogen) atoms. The molecule has 0 aliphatic rings. The highest BCUT2D eigenvalue weighted by Gasteiger charge is 2.14. The second-order valence-corrected chi connectivity index (χ2v) is 2.98. The van der Waals surface area contributed by atoms with E-state index in [0.29, 0.717) is 5.56 Å². The Morgan fingerprint density at radius 1 is 1.75 bits per heavy atom. The minimum atomic E-state index is -0.340. The number of carbonyl (C=O) groups excluding carboxylic acids is 1. The van der Waals surface area contributed by atoms with Gasteiger partial charge in [-0.3, -0.25) is 4.68 Å². The van der Waals surface area contributed by atoms with E-state index in [-0.39, 0.29) is 5.97 Å². The molecule has 0 aliphatic heterocycles. The molecule has 5 heteroatoms.